The molecule has 53 heavy (non-hydrogen) atoms. The molecular formula is C37H45BrN12O2S. The summed E-state index contributed by atoms with van der Waals surface area (Å²) in [5.41, 5.74) is 18.1. The first-order valence-electron chi connectivity index (χ1n) is 17.9. The Bertz CT molecular complexity index is 1880. The normalized spacial score (nSPS) is 15.1. The second kappa shape index (κ2) is 19.9. The summed E-state index contributed by atoms with van der Waals surface area (Å²) in [5, 5.41) is 16.6. The Labute approximate surface area is 322 Å². The van der Waals surface area contributed by atoms with Gasteiger partial charge in [0.05, 0.1) is 6.54 Å². The minimum Gasteiger partial charge on any atom is -0.384 e. The fourth-order valence-corrected chi connectivity index (χ4v) is 6.67. The van der Waals surface area contributed by atoms with Crippen molar-refractivity contribution >= 4 is 56.2 Å². The highest BCUT2D eigenvalue weighted by Crippen LogP contribution is 2.24. The summed E-state index contributed by atoms with van der Waals surface area (Å²) in [4.78, 5) is 34.9. The van der Waals surface area contributed by atoms with Crippen molar-refractivity contribution in [3.63, 3.8) is 0 Å². The molecule has 2 fully saturated rings. The number of fused-ring (bicyclic) bond motifs is 2. The predicted molar refractivity (Wildman–Crippen MR) is 212 cm³/mol. The number of carbonyl (C=O) groups is 2. The Hall–Kier alpha value is -4.80. The number of anilines is 2. The van der Waals surface area contributed by atoms with E-state index in [1.54, 1.807) is 24.3 Å². The molecular weight excluding hydrogens is 756 g/mol. The first-order valence-corrected chi connectivity index (χ1v) is 19.1. The van der Waals surface area contributed by atoms with E-state index in [4.69, 9.17) is 29.4 Å². The molecule has 14 nitrogen and oxygen atoms in total. The van der Waals surface area contributed by atoms with Gasteiger partial charge in [-0.05, 0) is 109 Å². The van der Waals surface area contributed by atoms with Gasteiger partial charge in [0, 0.05) is 38.8 Å². The second-order valence-corrected chi connectivity index (χ2v) is 14.1. The lowest BCUT2D eigenvalue weighted by Gasteiger charge is -2.02. The number of hydrogen-bond donors (Lipinski definition) is 3. The molecule has 0 bridgehead atoms. The molecule has 16 heteroatoms. The van der Waals surface area contributed by atoms with Crippen molar-refractivity contribution in [2.45, 2.75) is 90.1 Å². The van der Waals surface area contributed by atoms with Gasteiger partial charge in [0.2, 0.25) is 0 Å². The van der Waals surface area contributed by atoms with Crippen LogP contribution in [0.2, 0.25) is 0 Å². The molecule has 2 aliphatic heterocycles. The van der Waals surface area contributed by atoms with Gasteiger partial charge in [-0.1, -0.05) is 30.4 Å². The zero-order valence-corrected chi connectivity index (χ0v) is 32.1. The molecule has 0 atom stereocenters. The van der Waals surface area contributed by atoms with Gasteiger partial charge in [0.15, 0.2) is 17.4 Å². The molecule has 0 amide bonds. The minimum atomic E-state index is -0.197. The zero-order chi connectivity index (χ0) is 37.6. The average Bonchev–Trinajstić information content (AvgIpc) is 4.00. The van der Waals surface area contributed by atoms with Crippen LogP contribution in [-0.4, -0.2) is 67.5 Å². The van der Waals surface area contributed by atoms with Gasteiger partial charge in [-0.15, -0.1) is 20.4 Å². The largest absolute Gasteiger partial charge is 0.384 e. The summed E-state index contributed by atoms with van der Waals surface area (Å²) in [6.07, 6.45) is 13.4. The van der Waals surface area contributed by atoms with Crippen molar-refractivity contribution < 1.29 is 9.59 Å². The number of aryl methyl sites for hydroxylation is 2. The lowest BCUT2D eigenvalue weighted by Crippen LogP contribution is -2.15. The second-order valence-electron chi connectivity index (χ2n) is 12.7. The van der Waals surface area contributed by atoms with Gasteiger partial charge in [-0.3, -0.25) is 9.59 Å². The molecule has 278 valence electrons. The number of pyridine rings is 3. The van der Waals surface area contributed by atoms with E-state index in [0.717, 1.165) is 104 Å². The lowest BCUT2D eigenvalue weighted by atomic mass is 10.2. The molecule has 5 aromatic rings. The van der Waals surface area contributed by atoms with Gasteiger partial charge in [0.1, 0.15) is 50.8 Å². The number of aromatic nitrogens is 9. The molecule has 0 spiro atoms. The third kappa shape index (κ3) is 11.6. The highest BCUT2D eigenvalue weighted by molar-refractivity contribution is 9.10. The third-order valence-electron chi connectivity index (χ3n) is 8.73. The van der Waals surface area contributed by atoms with E-state index in [0.29, 0.717) is 23.1 Å². The number of Topliss-reactive ketones (excluding diaryl/α,β-unsaturated/α-hetero) is 2. The number of carbonyl (C=O) groups excluding carboxylic acids is 2. The van der Waals surface area contributed by atoms with Crippen molar-refractivity contribution in [1.29, 1.82) is 0 Å². The maximum Gasteiger partial charge on any atom is 0.194 e. The summed E-state index contributed by atoms with van der Waals surface area (Å²) in [5.74, 6) is 4.94. The van der Waals surface area contributed by atoms with Crippen LogP contribution in [0, 0.1) is 0 Å². The quantitative estimate of drug-likeness (QED) is 0.112. The Morgan fingerprint density at radius 3 is 1.62 bits per heavy atom. The van der Waals surface area contributed by atoms with E-state index < -0.39 is 0 Å². The molecule has 2 saturated carbocycles. The van der Waals surface area contributed by atoms with Crippen LogP contribution in [0.1, 0.15) is 86.3 Å². The van der Waals surface area contributed by atoms with Gasteiger partial charge in [-0.2, -0.15) is 0 Å². The topological polar surface area (TPSA) is 212 Å². The molecule has 6 N–H and O–H groups in total. The summed E-state index contributed by atoms with van der Waals surface area (Å²) in [7, 11) is 0. The molecule has 0 saturated heterocycles. The van der Waals surface area contributed by atoms with E-state index in [-0.39, 0.29) is 12.3 Å². The number of hydrogen-bond acceptors (Lipinski definition) is 13. The van der Waals surface area contributed by atoms with Crippen molar-refractivity contribution in [2.75, 3.05) is 18.0 Å². The van der Waals surface area contributed by atoms with Crippen LogP contribution in [0.4, 0.5) is 11.6 Å². The third-order valence-corrected chi connectivity index (χ3v) is 9.58. The van der Waals surface area contributed by atoms with E-state index in [1.165, 1.54) is 30.5 Å². The maximum absolute atomic E-state index is 10.9. The standard InChI is InChI=1S/C10H9BrN4.C10H11N5.C7H9N3O.C5H8O.C5H8S/c2*11-8-4-1-3-7(12-8)10-14-13-9-5-2-6-15(9)10;8-4-6(11)5-2-1-3-7(9)10-5;2*6-5-3-1-2-4-5/h1,3-4H,2,5-6H2;1,3-4H,2,5-6H2,(H2,11,12);1-3H,4,8H2,(H2,9,10);2*1-4H2. The SMILES string of the molecule is Brc1cccc(-c2nnc3n2CCC3)n1.NCC(=O)c1cccc(N)n1.Nc1cccc(-c2nnc3n2CCC3)n1.O=C1CCCC1.S=C1CCCC1. The summed E-state index contributed by atoms with van der Waals surface area (Å²) >= 11 is 8.28. The van der Waals surface area contributed by atoms with Gasteiger partial charge >= 0.3 is 0 Å². The van der Waals surface area contributed by atoms with Crippen molar-refractivity contribution in [3.05, 3.63) is 76.5 Å². The van der Waals surface area contributed by atoms with Crippen LogP contribution < -0.4 is 17.2 Å². The Morgan fingerprint density at radius 2 is 1.17 bits per heavy atom. The van der Waals surface area contributed by atoms with Crippen LogP contribution in [-0.2, 0) is 30.7 Å². The summed E-state index contributed by atoms with van der Waals surface area (Å²) in [6, 6.07) is 16.3. The maximum atomic E-state index is 10.9. The number of halogens is 1. The van der Waals surface area contributed by atoms with Crippen molar-refractivity contribution in [3.8, 4) is 23.0 Å². The Morgan fingerprint density at radius 1 is 0.660 bits per heavy atom. The smallest absolute Gasteiger partial charge is 0.194 e. The number of thiocarbonyl (C=S) groups is 1. The van der Waals surface area contributed by atoms with Crippen molar-refractivity contribution in [2.24, 2.45) is 5.73 Å². The molecule has 2 aliphatic carbocycles. The van der Waals surface area contributed by atoms with Gasteiger partial charge < -0.3 is 26.3 Å². The van der Waals surface area contributed by atoms with Crippen LogP contribution in [0.3, 0.4) is 0 Å². The number of nitrogens with two attached hydrogens (primary N) is 3. The predicted octanol–water partition coefficient (Wildman–Crippen LogP) is 5.78. The number of rotatable bonds is 4. The molecule has 0 radical (unpaired) electrons. The Balaban J connectivity index is 0.000000134. The molecule has 4 aliphatic rings. The van der Waals surface area contributed by atoms with Crippen LogP contribution >= 0.6 is 28.1 Å². The lowest BCUT2D eigenvalue weighted by molar-refractivity contribution is -0.117. The molecule has 0 aromatic carbocycles. The van der Waals surface area contributed by atoms with Crippen molar-refractivity contribution in [1.82, 2.24) is 44.5 Å². The van der Waals surface area contributed by atoms with E-state index >= 15 is 0 Å². The minimum absolute atomic E-state index is 0.0313. The first kappa shape index (κ1) is 39.4. The highest BCUT2D eigenvalue weighted by atomic mass is 79.9. The Kier molecular flexibility index (Phi) is 14.8. The van der Waals surface area contributed by atoms with Crippen LogP contribution in [0.25, 0.3) is 23.0 Å². The molecule has 9 rings (SSSR count). The molecule has 7 heterocycles. The van der Waals surface area contributed by atoms with Gasteiger partial charge in [0.25, 0.3) is 0 Å². The first-order chi connectivity index (χ1) is 25.7. The van der Waals surface area contributed by atoms with Gasteiger partial charge in [-0.25, -0.2) is 15.0 Å². The van der Waals surface area contributed by atoms with Crippen LogP contribution in [0.15, 0.2) is 59.2 Å². The summed E-state index contributed by atoms with van der Waals surface area (Å²) < 4.78 is 5.09. The summed E-state index contributed by atoms with van der Waals surface area (Å²) in [6.45, 7) is 1.95. The van der Waals surface area contributed by atoms with Crippen LogP contribution in [0.5, 0.6) is 0 Å². The number of nitrogen functional groups attached to an aromatic ring is 2. The fourth-order valence-electron chi connectivity index (χ4n) is 6.04. The monoisotopic (exact) mass is 800 g/mol. The number of ketones is 2. The molecule has 0 unspecified atom stereocenters. The van der Waals surface area contributed by atoms with E-state index in [2.05, 4.69) is 60.4 Å². The number of nitrogens with zero attached hydrogens (tertiary/aromatic N) is 9. The van der Waals surface area contributed by atoms with E-state index in [1.807, 2.05) is 30.3 Å². The average molecular weight is 802 g/mol. The van der Waals surface area contributed by atoms with E-state index in [9.17, 15) is 9.59 Å². The zero-order valence-electron chi connectivity index (χ0n) is 29.7. The molecule has 5 aromatic heterocycles. The fraction of sp³-hybridized carbons (Fsp3) is 0.405. The highest BCUT2D eigenvalue weighted by Gasteiger charge is 2.20.